The molecule has 3 aromatic rings. The monoisotopic (exact) mass is 388 g/mol. The lowest BCUT2D eigenvalue weighted by Crippen LogP contribution is -2.32. The summed E-state index contributed by atoms with van der Waals surface area (Å²) in [7, 11) is 1.62. The first kappa shape index (κ1) is 18.0. The van der Waals surface area contributed by atoms with Crippen LogP contribution in [0.25, 0.3) is 6.08 Å². The molecule has 1 amide bonds. The van der Waals surface area contributed by atoms with Crippen molar-refractivity contribution in [2.45, 2.75) is 0 Å². The minimum absolute atomic E-state index is 0.197. The Labute approximate surface area is 168 Å². The topological polar surface area (TPSA) is 41.9 Å². The number of benzene rings is 3. The number of carbonyl (C=O) groups is 1. The molecule has 0 aromatic heterocycles. The van der Waals surface area contributed by atoms with E-state index in [1.165, 1.54) is 0 Å². The van der Waals surface area contributed by atoms with Crippen molar-refractivity contribution in [3.05, 3.63) is 101 Å². The number of hydrogen-bond acceptors (Lipinski definition) is 3. The van der Waals surface area contributed by atoms with E-state index < -0.39 is 0 Å². The number of aliphatic imine (C=N–C) groups is 1. The zero-order valence-electron chi connectivity index (χ0n) is 15.2. The molecule has 0 saturated heterocycles. The van der Waals surface area contributed by atoms with Crippen LogP contribution in [0.5, 0.6) is 5.75 Å². The highest BCUT2D eigenvalue weighted by Crippen LogP contribution is 2.29. The molecule has 0 radical (unpaired) electrons. The average molecular weight is 389 g/mol. The molecular weight excluding hydrogens is 372 g/mol. The fourth-order valence-electron chi connectivity index (χ4n) is 3.01. The highest BCUT2D eigenvalue weighted by Gasteiger charge is 2.32. The van der Waals surface area contributed by atoms with Crippen LogP contribution in [0.1, 0.15) is 11.1 Å². The Morgan fingerprint density at radius 2 is 1.71 bits per heavy atom. The molecule has 138 valence electrons. The zero-order valence-corrected chi connectivity index (χ0v) is 15.9. The zero-order chi connectivity index (χ0) is 19.5. The van der Waals surface area contributed by atoms with Gasteiger partial charge >= 0.3 is 0 Å². The van der Waals surface area contributed by atoms with Gasteiger partial charge in [-0.2, -0.15) is 0 Å². The average Bonchev–Trinajstić information content (AvgIpc) is 3.05. The van der Waals surface area contributed by atoms with Gasteiger partial charge in [-0.1, -0.05) is 60.1 Å². The SMILES string of the molecule is COc1ccc(/C=C2/N=C(c3ccccc3)N(c3cccc(Cl)c3)C2=O)cc1. The van der Waals surface area contributed by atoms with Gasteiger partial charge in [0.1, 0.15) is 17.3 Å². The normalized spacial score (nSPS) is 15.1. The van der Waals surface area contributed by atoms with E-state index in [1.807, 2.05) is 66.7 Å². The van der Waals surface area contributed by atoms with E-state index in [0.29, 0.717) is 22.2 Å². The largest absolute Gasteiger partial charge is 0.497 e. The van der Waals surface area contributed by atoms with Crippen LogP contribution in [0, 0.1) is 0 Å². The van der Waals surface area contributed by atoms with Crippen molar-refractivity contribution in [2.24, 2.45) is 4.99 Å². The van der Waals surface area contributed by atoms with Crippen molar-refractivity contribution in [1.82, 2.24) is 0 Å². The third-order valence-corrected chi connectivity index (χ3v) is 4.61. The molecule has 5 heteroatoms. The third kappa shape index (κ3) is 3.55. The smallest absolute Gasteiger partial charge is 0.282 e. The minimum Gasteiger partial charge on any atom is -0.497 e. The molecule has 0 atom stereocenters. The van der Waals surface area contributed by atoms with Crippen LogP contribution >= 0.6 is 11.6 Å². The Balaban J connectivity index is 1.79. The summed E-state index contributed by atoms with van der Waals surface area (Å²) in [6.45, 7) is 0. The highest BCUT2D eigenvalue weighted by atomic mass is 35.5. The summed E-state index contributed by atoms with van der Waals surface area (Å²) in [5, 5.41) is 0.560. The third-order valence-electron chi connectivity index (χ3n) is 4.38. The molecule has 0 saturated carbocycles. The first-order chi connectivity index (χ1) is 13.7. The van der Waals surface area contributed by atoms with Gasteiger partial charge in [0, 0.05) is 10.6 Å². The van der Waals surface area contributed by atoms with Crippen molar-refractivity contribution in [2.75, 3.05) is 12.0 Å². The quantitative estimate of drug-likeness (QED) is 0.577. The second-order valence-corrected chi connectivity index (χ2v) is 6.66. The number of rotatable bonds is 4. The Morgan fingerprint density at radius 1 is 0.964 bits per heavy atom. The lowest BCUT2D eigenvalue weighted by Gasteiger charge is -2.18. The van der Waals surface area contributed by atoms with Crippen LogP contribution in [0.3, 0.4) is 0 Å². The summed E-state index contributed by atoms with van der Waals surface area (Å²) in [4.78, 5) is 19.4. The van der Waals surface area contributed by atoms with E-state index in [2.05, 4.69) is 4.99 Å². The van der Waals surface area contributed by atoms with Crippen LogP contribution in [0.4, 0.5) is 5.69 Å². The molecule has 4 nitrogen and oxygen atoms in total. The fraction of sp³-hybridized carbons (Fsp3) is 0.0435. The van der Waals surface area contributed by atoms with E-state index in [0.717, 1.165) is 16.9 Å². The van der Waals surface area contributed by atoms with E-state index in [-0.39, 0.29) is 5.91 Å². The number of nitrogens with zero attached hydrogens (tertiary/aromatic N) is 2. The summed E-state index contributed by atoms with van der Waals surface area (Å²) in [5.74, 6) is 1.14. The highest BCUT2D eigenvalue weighted by molar-refractivity contribution is 6.34. The van der Waals surface area contributed by atoms with Crippen LogP contribution in [-0.2, 0) is 4.79 Å². The van der Waals surface area contributed by atoms with Gasteiger partial charge in [-0.25, -0.2) is 4.99 Å². The number of hydrogen-bond donors (Lipinski definition) is 0. The maximum atomic E-state index is 13.2. The summed E-state index contributed by atoms with van der Waals surface area (Å²) in [5.41, 5.74) is 2.77. The van der Waals surface area contributed by atoms with Gasteiger partial charge in [-0.15, -0.1) is 0 Å². The van der Waals surface area contributed by atoms with E-state index in [4.69, 9.17) is 16.3 Å². The Kier molecular flexibility index (Phi) is 4.96. The second kappa shape index (κ2) is 7.71. The van der Waals surface area contributed by atoms with Crippen molar-refractivity contribution in [1.29, 1.82) is 0 Å². The van der Waals surface area contributed by atoms with Gasteiger partial charge in [0.15, 0.2) is 0 Å². The number of methoxy groups -OCH3 is 1. The molecule has 3 aromatic carbocycles. The van der Waals surface area contributed by atoms with Crippen molar-refractivity contribution >= 4 is 35.1 Å². The van der Waals surface area contributed by atoms with E-state index in [1.54, 1.807) is 30.2 Å². The predicted octanol–water partition coefficient (Wildman–Crippen LogP) is 5.18. The molecular formula is C23H17ClN2O2. The summed E-state index contributed by atoms with van der Waals surface area (Å²) >= 11 is 6.16. The number of amidine groups is 1. The van der Waals surface area contributed by atoms with Crippen molar-refractivity contribution in [3.63, 3.8) is 0 Å². The number of amides is 1. The first-order valence-corrected chi connectivity index (χ1v) is 9.13. The molecule has 0 fully saturated rings. The lowest BCUT2D eigenvalue weighted by molar-refractivity contribution is -0.113. The van der Waals surface area contributed by atoms with Crippen LogP contribution < -0.4 is 9.64 Å². The lowest BCUT2D eigenvalue weighted by atomic mass is 10.1. The van der Waals surface area contributed by atoms with Gasteiger partial charge < -0.3 is 4.74 Å². The van der Waals surface area contributed by atoms with Crippen LogP contribution in [0.2, 0.25) is 5.02 Å². The van der Waals surface area contributed by atoms with Crippen LogP contribution in [0.15, 0.2) is 89.6 Å². The maximum absolute atomic E-state index is 13.2. The maximum Gasteiger partial charge on any atom is 0.282 e. The fourth-order valence-corrected chi connectivity index (χ4v) is 3.19. The predicted molar refractivity (Wildman–Crippen MR) is 113 cm³/mol. The molecule has 0 spiro atoms. The van der Waals surface area contributed by atoms with E-state index in [9.17, 15) is 4.79 Å². The van der Waals surface area contributed by atoms with Gasteiger partial charge in [0.05, 0.1) is 12.8 Å². The number of halogens is 1. The molecule has 28 heavy (non-hydrogen) atoms. The van der Waals surface area contributed by atoms with Gasteiger partial charge in [0.25, 0.3) is 5.91 Å². The molecule has 0 aliphatic carbocycles. The standard InChI is InChI=1S/C23H17ClN2O2/c1-28-20-12-10-16(11-13-20)14-21-23(27)26(19-9-5-8-18(24)15-19)22(25-21)17-6-3-2-4-7-17/h2-15H,1H3/b21-14+. The Bertz CT molecular complexity index is 1070. The summed E-state index contributed by atoms with van der Waals surface area (Å²) in [6.07, 6.45) is 1.77. The Hall–Kier alpha value is -3.37. The van der Waals surface area contributed by atoms with Gasteiger partial charge in [-0.05, 0) is 42.0 Å². The molecule has 0 bridgehead atoms. The molecule has 4 rings (SSSR count). The van der Waals surface area contributed by atoms with Gasteiger partial charge in [0.2, 0.25) is 0 Å². The molecule has 1 aliphatic heterocycles. The summed E-state index contributed by atoms with van der Waals surface area (Å²) in [6, 6.07) is 24.3. The van der Waals surface area contributed by atoms with E-state index >= 15 is 0 Å². The molecule has 1 heterocycles. The molecule has 0 unspecified atom stereocenters. The Morgan fingerprint density at radius 3 is 2.39 bits per heavy atom. The van der Waals surface area contributed by atoms with Crippen molar-refractivity contribution in [3.8, 4) is 5.75 Å². The van der Waals surface area contributed by atoms with Gasteiger partial charge in [-0.3, -0.25) is 9.69 Å². The second-order valence-electron chi connectivity index (χ2n) is 6.22. The number of carbonyl (C=O) groups excluding carboxylic acids is 1. The van der Waals surface area contributed by atoms with Crippen LogP contribution in [-0.4, -0.2) is 18.9 Å². The summed E-state index contributed by atoms with van der Waals surface area (Å²) < 4.78 is 5.19. The molecule has 1 aliphatic rings. The number of ether oxygens (including phenoxy) is 1. The number of anilines is 1. The minimum atomic E-state index is -0.197. The first-order valence-electron chi connectivity index (χ1n) is 8.75. The van der Waals surface area contributed by atoms with Crippen molar-refractivity contribution < 1.29 is 9.53 Å². The molecule has 0 N–H and O–H groups in total.